The van der Waals surface area contributed by atoms with E-state index in [1.165, 1.54) is 38.5 Å². The van der Waals surface area contributed by atoms with Crippen molar-refractivity contribution in [2.45, 2.75) is 205 Å². The van der Waals surface area contributed by atoms with Crippen LogP contribution < -0.4 is 0 Å². The van der Waals surface area contributed by atoms with Crippen molar-refractivity contribution in [2.75, 3.05) is 0 Å². The lowest BCUT2D eigenvalue weighted by Crippen LogP contribution is -1.27. The Morgan fingerprint density at radius 2 is 0.167 bits per heavy atom. The van der Waals surface area contributed by atoms with E-state index in [1.807, 2.05) is 83.1 Å². The molecule has 0 spiro atoms. The maximum Gasteiger partial charge on any atom is -0.0590 e. The molecule has 0 heterocycles. The van der Waals surface area contributed by atoms with Gasteiger partial charge in [0, 0.05) is 0 Å². The van der Waals surface area contributed by atoms with Crippen molar-refractivity contribution in [3.8, 4) is 0 Å². The second-order valence-corrected chi connectivity index (χ2v) is 4.24. The van der Waals surface area contributed by atoms with Gasteiger partial charge in [0.1, 0.15) is 0 Å². The maximum absolute atomic E-state index is 2.12. The number of rotatable bonds is 0. The predicted molar refractivity (Wildman–Crippen MR) is 164 cm³/mol. The number of hydrogen-bond acceptors (Lipinski definition) is 0. The van der Waals surface area contributed by atoms with Crippen LogP contribution in [0.2, 0.25) is 0 Å². The highest BCUT2D eigenvalue weighted by Gasteiger charge is 1.37. The van der Waals surface area contributed by atoms with Gasteiger partial charge in [-0.25, -0.2) is 0 Å². The maximum atomic E-state index is 2.12. The molecule has 0 aliphatic carbocycles. The normalized spacial score (nSPS) is 4.80. The average Bonchev–Trinajstić information content (AvgIpc) is 2.80. The third kappa shape index (κ3) is 0. The molecule has 0 N–H and O–H groups in total. The summed E-state index contributed by atoms with van der Waals surface area (Å²) in [5, 5.41) is 0. The van der Waals surface area contributed by atoms with Gasteiger partial charge < -0.3 is 0 Å². The molecule has 0 aromatic rings. The zero-order valence-electron chi connectivity index (χ0n) is 28.2. The van der Waals surface area contributed by atoms with Gasteiger partial charge in [-0.2, -0.15) is 0 Å². The van der Waals surface area contributed by atoms with Crippen molar-refractivity contribution < 1.29 is 0 Å². The second-order valence-electron chi connectivity index (χ2n) is 4.24. The fourth-order valence-electron chi connectivity index (χ4n) is 0. The summed E-state index contributed by atoms with van der Waals surface area (Å²) < 4.78 is 0. The second kappa shape index (κ2) is 632. The first-order valence-electron chi connectivity index (χ1n) is 14.5. The lowest BCUT2D eigenvalue weighted by atomic mass is 10.6. The summed E-state index contributed by atoms with van der Waals surface area (Å²) >= 11 is 0. The quantitative estimate of drug-likeness (QED) is 0.348. The van der Waals surface area contributed by atoms with Crippen LogP contribution in [0.15, 0.2) is 0 Å². The van der Waals surface area contributed by atoms with E-state index in [4.69, 9.17) is 0 Å². The SMILES string of the molecule is CC.CC.CC.CC.CC.CC.CCC.CCC.CCC.CCC.CCC.CCC. The molecule has 0 aromatic carbocycles. The van der Waals surface area contributed by atoms with Crippen LogP contribution >= 0.6 is 0 Å². The lowest BCUT2D eigenvalue weighted by Gasteiger charge is -1.48. The van der Waals surface area contributed by atoms with Crippen LogP contribution in [0, 0.1) is 0 Å². The van der Waals surface area contributed by atoms with Gasteiger partial charge in [-0.3, -0.25) is 0 Å². The Morgan fingerprint density at radius 1 is 0.167 bits per heavy atom. The van der Waals surface area contributed by atoms with Crippen LogP contribution in [0.1, 0.15) is 205 Å². The van der Waals surface area contributed by atoms with Crippen LogP contribution in [0.3, 0.4) is 0 Å². The summed E-state index contributed by atoms with van der Waals surface area (Å²) in [5.74, 6) is 0. The Hall–Kier alpha value is 0. The van der Waals surface area contributed by atoms with Crippen LogP contribution in [0.25, 0.3) is 0 Å². The minimum Gasteiger partial charge on any atom is -0.0683 e. The molecule has 0 nitrogen and oxygen atoms in total. The van der Waals surface area contributed by atoms with Crippen molar-refractivity contribution in [1.82, 2.24) is 0 Å². The Labute approximate surface area is 204 Å². The predicted octanol–water partition coefficient (Wildman–Crippen LogP) is 14.7. The minimum atomic E-state index is 1.25. The first-order valence-corrected chi connectivity index (χ1v) is 14.5. The first-order chi connectivity index (χ1) is 14.5. The van der Waals surface area contributed by atoms with Crippen LogP contribution in [0.5, 0.6) is 0 Å². The zero-order chi connectivity index (χ0) is 28.2. The molecule has 0 rings (SSSR count). The van der Waals surface area contributed by atoms with Gasteiger partial charge in [-0.15, -0.1) is 0 Å². The Morgan fingerprint density at radius 3 is 0.167 bits per heavy atom. The van der Waals surface area contributed by atoms with Crippen molar-refractivity contribution in [3.63, 3.8) is 0 Å². The van der Waals surface area contributed by atoms with Gasteiger partial charge in [0.2, 0.25) is 0 Å². The molecule has 0 aliphatic heterocycles. The van der Waals surface area contributed by atoms with E-state index in [9.17, 15) is 0 Å². The smallest absolute Gasteiger partial charge is 0.0590 e. The van der Waals surface area contributed by atoms with Gasteiger partial charge in [0.15, 0.2) is 0 Å². The molecule has 0 atom stereocenters. The van der Waals surface area contributed by atoms with Crippen LogP contribution in [-0.4, -0.2) is 0 Å². The summed E-state index contributed by atoms with van der Waals surface area (Å²) in [6, 6.07) is 0. The molecular formula is C30H84. The van der Waals surface area contributed by atoms with Crippen molar-refractivity contribution in [2.24, 2.45) is 0 Å². The summed E-state index contributed by atoms with van der Waals surface area (Å²) in [6.45, 7) is 49.5. The van der Waals surface area contributed by atoms with E-state index >= 15 is 0 Å². The van der Waals surface area contributed by atoms with E-state index in [2.05, 4.69) is 83.1 Å². The van der Waals surface area contributed by atoms with E-state index in [1.54, 1.807) is 0 Å². The molecule has 204 valence electrons. The summed E-state index contributed by atoms with van der Waals surface area (Å²) in [7, 11) is 0. The Balaban J connectivity index is -0.0000000119. The molecule has 0 fully saturated rings. The highest BCUT2D eigenvalue weighted by molar-refractivity contribution is 3.93. The van der Waals surface area contributed by atoms with Gasteiger partial charge >= 0.3 is 0 Å². The van der Waals surface area contributed by atoms with E-state index < -0.39 is 0 Å². The minimum absolute atomic E-state index is 1.25. The standard InChI is InChI=1S/6C3H8.6C2H6/c6*1-3-2;6*1-2/h6*3H2,1-2H3;6*1-2H3. The zero-order valence-corrected chi connectivity index (χ0v) is 28.2. The lowest BCUT2D eigenvalue weighted by molar-refractivity contribution is 1.09. The first kappa shape index (κ1) is 77.9. The molecule has 0 aliphatic rings. The highest BCUT2D eigenvalue weighted by Crippen LogP contribution is 1.57. The fourth-order valence-corrected chi connectivity index (χ4v) is 0. The van der Waals surface area contributed by atoms with Crippen molar-refractivity contribution in [3.05, 3.63) is 0 Å². The third-order valence-electron chi connectivity index (χ3n) is 0. The summed E-state index contributed by atoms with van der Waals surface area (Å²) in [6.07, 6.45) is 7.50. The molecule has 0 bridgehead atoms. The molecule has 30 heavy (non-hydrogen) atoms. The third-order valence-corrected chi connectivity index (χ3v) is 0. The molecule has 0 unspecified atom stereocenters. The highest BCUT2D eigenvalue weighted by atomic mass is 13.4. The van der Waals surface area contributed by atoms with E-state index in [0.717, 1.165) is 0 Å². The molecule has 0 saturated carbocycles. The van der Waals surface area contributed by atoms with E-state index in [-0.39, 0.29) is 0 Å². The molecule has 0 aromatic heterocycles. The van der Waals surface area contributed by atoms with Gasteiger partial charge in [0.25, 0.3) is 0 Å². The van der Waals surface area contributed by atoms with Crippen molar-refractivity contribution in [1.29, 1.82) is 0 Å². The molecular weight excluding hydrogens is 360 g/mol. The monoisotopic (exact) mass is 445 g/mol. The number of hydrogen-bond donors (Lipinski definition) is 0. The Kier molecular flexibility index (Phi) is 1640. The van der Waals surface area contributed by atoms with E-state index in [0.29, 0.717) is 0 Å². The molecule has 0 amide bonds. The molecule has 0 radical (unpaired) electrons. The van der Waals surface area contributed by atoms with Gasteiger partial charge in [-0.1, -0.05) is 205 Å². The topological polar surface area (TPSA) is 0 Å². The van der Waals surface area contributed by atoms with Gasteiger partial charge in [-0.05, 0) is 0 Å². The van der Waals surface area contributed by atoms with Crippen LogP contribution in [0.4, 0.5) is 0 Å². The summed E-state index contributed by atoms with van der Waals surface area (Å²) in [5.41, 5.74) is 0. The molecule has 0 heteroatoms. The Bertz CT molecular complexity index is 15.5. The molecule has 0 saturated heterocycles. The summed E-state index contributed by atoms with van der Waals surface area (Å²) in [4.78, 5) is 0. The van der Waals surface area contributed by atoms with Crippen LogP contribution in [-0.2, 0) is 0 Å². The average molecular weight is 445 g/mol. The van der Waals surface area contributed by atoms with Gasteiger partial charge in [0.05, 0.1) is 0 Å². The fraction of sp³-hybridized carbons (Fsp3) is 1.00. The largest absolute Gasteiger partial charge is 0.0683 e. The van der Waals surface area contributed by atoms with Crippen molar-refractivity contribution >= 4 is 0 Å².